The average molecular weight is 293 g/mol. The van der Waals surface area contributed by atoms with Crippen molar-refractivity contribution in [2.75, 3.05) is 0 Å². The Labute approximate surface area is 106 Å². The molecular formula is C12H9BrN2O2. The number of amides is 1. The van der Waals surface area contributed by atoms with E-state index < -0.39 is 0 Å². The number of furan rings is 1. The number of hydrogen-bond donors (Lipinski definition) is 1. The lowest BCUT2D eigenvalue weighted by molar-refractivity contribution is 0.0926. The molecule has 5 heteroatoms. The molecule has 0 aliphatic rings. The highest BCUT2D eigenvalue weighted by Crippen LogP contribution is 2.13. The van der Waals surface area contributed by atoms with Gasteiger partial charge in [-0.2, -0.15) is 5.10 Å². The van der Waals surface area contributed by atoms with E-state index in [1.165, 1.54) is 0 Å². The average Bonchev–Trinajstić information content (AvgIpc) is 2.77. The van der Waals surface area contributed by atoms with Crippen molar-refractivity contribution in [2.45, 2.75) is 0 Å². The first-order chi connectivity index (χ1) is 8.25. The summed E-state index contributed by atoms with van der Waals surface area (Å²) in [5, 5.41) is 3.83. The smallest absolute Gasteiger partial charge is 0.307 e. The van der Waals surface area contributed by atoms with Crippen LogP contribution in [0.5, 0.6) is 0 Å². The topological polar surface area (TPSA) is 54.6 Å². The SMILES string of the molecule is O=C(NN=Cc1ccccc1)c1ccc(Br)o1. The highest BCUT2D eigenvalue weighted by Gasteiger charge is 2.08. The number of carbonyl (C=O) groups excluding carboxylic acids is 1. The summed E-state index contributed by atoms with van der Waals surface area (Å²) in [4.78, 5) is 11.5. The van der Waals surface area contributed by atoms with Crippen molar-refractivity contribution in [2.24, 2.45) is 5.10 Å². The molecular weight excluding hydrogens is 284 g/mol. The van der Waals surface area contributed by atoms with Gasteiger partial charge in [-0.3, -0.25) is 4.79 Å². The second-order valence-corrected chi connectivity index (χ2v) is 4.00. The Kier molecular flexibility index (Phi) is 3.72. The monoisotopic (exact) mass is 292 g/mol. The van der Waals surface area contributed by atoms with E-state index >= 15 is 0 Å². The molecule has 86 valence electrons. The third kappa shape index (κ3) is 3.29. The molecule has 0 atom stereocenters. The maximum Gasteiger partial charge on any atom is 0.307 e. The van der Waals surface area contributed by atoms with Crippen LogP contribution in [0.25, 0.3) is 0 Å². The van der Waals surface area contributed by atoms with Crippen LogP contribution in [-0.2, 0) is 0 Å². The van der Waals surface area contributed by atoms with E-state index in [4.69, 9.17) is 4.42 Å². The summed E-state index contributed by atoms with van der Waals surface area (Å²) in [7, 11) is 0. The minimum Gasteiger partial charge on any atom is -0.444 e. The fraction of sp³-hybridized carbons (Fsp3) is 0. The molecule has 1 aromatic heterocycles. The first kappa shape index (κ1) is 11.6. The summed E-state index contributed by atoms with van der Waals surface area (Å²) in [5.74, 6) is -0.176. The third-order valence-electron chi connectivity index (χ3n) is 1.98. The maximum atomic E-state index is 11.5. The zero-order valence-corrected chi connectivity index (χ0v) is 10.3. The molecule has 17 heavy (non-hydrogen) atoms. The van der Waals surface area contributed by atoms with Gasteiger partial charge in [0.1, 0.15) is 0 Å². The first-order valence-electron chi connectivity index (χ1n) is 4.89. The van der Waals surface area contributed by atoms with Gasteiger partial charge in [-0.1, -0.05) is 30.3 Å². The van der Waals surface area contributed by atoms with Gasteiger partial charge in [0.05, 0.1) is 6.21 Å². The van der Waals surface area contributed by atoms with Crippen molar-refractivity contribution in [3.8, 4) is 0 Å². The second-order valence-electron chi connectivity index (χ2n) is 3.21. The van der Waals surface area contributed by atoms with Gasteiger partial charge in [0, 0.05) is 0 Å². The van der Waals surface area contributed by atoms with Crippen LogP contribution in [-0.4, -0.2) is 12.1 Å². The molecule has 1 amide bonds. The highest BCUT2D eigenvalue weighted by atomic mass is 79.9. The van der Waals surface area contributed by atoms with Crippen molar-refractivity contribution in [3.63, 3.8) is 0 Å². The predicted molar refractivity (Wildman–Crippen MR) is 67.9 cm³/mol. The van der Waals surface area contributed by atoms with Crippen molar-refractivity contribution in [3.05, 3.63) is 58.5 Å². The van der Waals surface area contributed by atoms with Gasteiger partial charge in [-0.15, -0.1) is 0 Å². The number of benzene rings is 1. The zero-order chi connectivity index (χ0) is 12.1. The van der Waals surface area contributed by atoms with Gasteiger partial charge >= 0.3 is 5.91 Å². The lowest BCUT2D eigenvalue weighted by atomic mass is 10.2. The van der Waals surface area contributed by atoms with E-state index in [-0.39, 0.29) is 11.7 Å². The summed E-state index contributed by atoms with van der Waals surface area (Å²) < 4.78 is 5.59. The molecule has 0 saturated heterocycles. The number of rotatable bonds is 3. The number of nitrogens with zero attached hydrogens (tertiary/aromatic N) is 1. The fourth-order valence-electron chi connectivity index (χ4n) is 1.20. The number of nitrogens with one attached hydrogen (secondary N) is 1. The van der Waals surface area contributed by atoms with E-state index in [9.17, 15) is 4.79 Å². The Morgan fingerprint density at radius 2 is 2.00 bits per heavy atom. The van der Waals surface area contributed by atoms with Gasteiger partial charge in [-0.25, -0.2) is 5.43 Å². The molecule has 1 heterocycles. The molecule has 1 aromatic carbocycles. The molecule has 0 aliphatic carbocycles. The van der Waals surface area contributed by atoms with Gasteiger partial charge < -0.3 is 4.42 Å². The molecule has 0 fully saturated rings. The van der Waals surface area contributed by atoms with Crippen LogP contribution in [0.1, 0.15) is 16.1 Å². The van der Waals surface area contributed by atoms with Crippen LogP contribution < -0.4 is 5.43 Å². The molecule has 0 bridgehead atoms. The second kappa shape index (κ2) is 5.45. The predicted octanol–water partition coefficient (Wildman–Crippen LogP) is 2.81. The fourth-order valence-corrected chi connectivity index (χ4v) is 1.50. The largest absolute Gasteiger partial charge is 0.444 e. The molecule has 0 radical (unpaired) electrons. The lowest BCUT2D eigenvalue weighted by Crippen LogP contribution is -2.16. The Morgan fingerprint density at radius 3 is 2.65 bits per heavy atom. The van der Waals surface area contributed by atoms with Crippen LogP contribution in [0.4, 0.5) is 0 Å². The molecule has 0 unspecified atom stereocenters. The Balaban J connectivity index is 1.95. The van der Waals surface area contributed by atoms with Crippen LogP contribution in [0.3, 0.4) is 0 Å². The summed E-state index contributed by atoms with van der Waals surface area (Å²) in [6.07, 6.45) is 1.57. The Morgan fingerprint density at radius 1 is 1.24 bits per heavy atom. The van der Waals surface area contributed by atoms with Crippen LogP contribution in [0.15, 0.2) is 56.7 Å². The van der Waals surface area contributed by atoms with E-state index in [0.29, 0.717) is 4.67 Å². The number of carbonyl (C=O) groups is 1. The minimum absolute atomic E-state index is 0.210. The molecule has 1 N–H and O–H groups in total. The molecule has 4 nitrogen and oxygen atoms in total. The summed E-state index contributed by atoms with van der Waals surface area (Å²) in [6.45, 7) is 0. The van der Waals surface area contributed by atoms with Gasteiger partial charge in [-0.05, 0) is 33.6 Å². The lowest BCUT2D eigenvalue weighted by Gasteiger charge is -1.95. The van der Waals surface area contributed by atoms with Crippen molar-refractivity contribution < 1.29 is 9.21 Å². The molecule has 0 spiro atoms. The normalized spacial score (nSPS) is 10.6. The summed E-state index contributed by atoms with van der Waals surface area (Å²) in [5.41, 5.74) is 3.29. The first-order valence-corrected chi connectivity index (χ1v) is 5.69. The van der Waals surface area contributed by atoms with Crippen molar-refractivity contribution in [1.29, 1.82) is 0 Å². The molecule has 2 aromatic rings. The Hall–Kier alpha value is -1.88. The van der Waals surface area contributed by atoms with E-state index in [1.807, 2.05) is 30.3 Å². The highest BCUT2D eigenvalue weighted by molar-refractivity contribution is 9.10. The standard InChI is InChI=1S/C12H9BrN2O2/c13-11-7-6-10(17-11)12(16)15-14-8-9-4-2-1-3-5-9/h1-8H,(H,15,16). The summed E-state index contributed by atoms with van der Waals surface area (Å²) in [6, 6.07) is 12.7. The Bertz CT molecular complexity index is 534. The molecule has 0 aliphatic heterocycles. The third-order valence-corrected chi connectivity index (χ3v) is 2.40. The molecule has 0 saturated carbocycles. The number of hydrogen-bond acceptors (Lipinski definition) is 3. The van der Waals surface area contributed by atoms with Gasteiger partial charge in [0.2, 0.25) is 0 Å². The quantitative estimate of drug-likeness (QED) is 0.699. The number of hydrazone groups is 1. The van der Waals surface area contributed by atoms with Crippen LogP contribution in [0, 0.1) is 0 Å². The zero-order valence-electron chi connectivity index (χ0n) is 8.76. The van der Waals surface area contributed by atoms with Gasteiger partial charge in [0.15, 0.2) is 10.4 Å². The van der Waals surface area contributed by atoms with E-state index in [0.717, 1.165) is 5.56 Å². The van der Waals surface area contributed by atoms with Crippen LogP contribution in [0.2, 0.25) is 0 Å². The van der Waals surface area contributed by atoms with E-state index in [1.54, 1.807) is 18.3 Å². The molecule has 2 rings (SSSR count). The van der Waals surface area contributed by atoms with Crippen LogP contribution >= 0.6 is 15.9 Å². The number of halogens is 1. The van der Waals surface area contributed by atoms with Gasteiger partial charge in [0.25, 0.3) is 0 Å². The van der Waals surface area contributed by atoms with Crippen molar-refractivity contribution in [1.82, 2.24) is 5.43 Å². The van der Waals surface area contributed by atoms with E-state index in [2.05, 4.69) is 26.5 Å². The maximum absolute atomic E-state index is 11.5. The summed E-state index contributed by atoms with van der Waals surface area (Å²) >= 11 is 3.12. The van der Waals surface area contributed by atoms with Crippen molar-refractivity contribution >= 4 is 28.1 Å². The minimum atomic E-state index is -0.386.